The molecule has 3 N–H and O–H groups in total. The molecule has 5 aliphatic rings. The minimum absolute atomic E-state index is 0.00905. The number of hydrogen-bond donors (Lipinski definition) is 2. The molecule has 1 aromatic rings. The van der Waals surface area contributed by atoms with Crippen LogP contribution < -0.4 is 5.73 Å². The van der Waals surface area contributed by atoms with Crippen molar-refractivity contribution in [2.24, 2.45) is 38.3 Å². The van der Waals surface area contributed by atoms with E-state index in [4.69, 9.17) is 15.5 Å². The fraction of sp³-hybridized carbons (Fsp3) is 0.576. The summed E-state index contributed by atoms with van der Waals surface area (Å²) < 4.78 is 19.6. The van der Waals surface area contributed by atoms with Gasteiger partial charge in [-0.25, -0.2) is 9.38 Å². The molecule has 6 rings (SSSR count). The Hall–Kier alpha value is -2.96. The van der Waals surface area contributed by atoms with E-state index in [1.807, 2.05) is 13.0 Å². The number of allylic oxidation sites excluding steroid dienone is 3. The van der Waals surface area contributed by atoms with Gasteiger partial charge in [0.05, 0.1) is 29.3 Å². The van der Waals surface area contributed by atoms with Crippen LogP contribution >= 0.6 is 11.8 Å². The second-order valence-electron chi connectivity index (χ2n) is 13.3. The molecule has 9 heteroatoms. The van der Waals surface area contributed by atoms with Gasteiger partial charge in [0, 0.05) is 22.7 Å². The Morgan fingerprint density at radius 1 is 1.29 bits per heavy atom. The summed E-state index contributed by atoms with van der Waals surface area (Å²) in [6.45, 7) is 6.00. The summed E-state index contributed by atoms with van der Waals surface area (Å²) in [5, 5.41) is 21.1. The molecule has 0 radical (unpaired) electrons. The molecule has 222 valence electrons. The van der Waals surface area contributed by atoms with E-state index in [0.29, 0.717) is 24.9 Å². The normalized spacial score (nSPS) is 41.6. The van der Waals surface area contributed by atoms with Gasteiger partial charge in [0.15, 0.2) is 5.60 Å². The summed E-state index contributed by atoms with van der Waals surface area (Å²) >= 11 is 0.920. The first-order chi connectivity index (χ1) is 20.0. The number of nitriles is 1. The number of fused-ring (bicyclic) bond motifs is 2. The van der Waals surface area contributed by atoms with Crippen LogP contribution in [0.2, 0.25) is 0 Å². The number of thioether (sulfide) groups is 1. The average molecular weight is 592 g/mol. The van der Waals surface area contributed by atoms with Crippen LogP contribution in [-0.2, 0) is 14.3 Å². The zero-order chi connectivity index (χ0) is 30.1. The number of benzene rings is 1. The maximum Gasteiger partial charge on any atom is 0.306 e. The average Bonchev–Trinajstić information content (AvgIpc) is 3.61. The number of esters is 1. The number of aliphatic imine (C=N–C) groups is 1. The molecular formula is C33H38FN3O4S. The molecule has 4 fully saturated rings. The first-order valence-electron chi connectivity index (χ1n) is 14.9. The van der Waals surface area contributed by atoms with Crippen molar-refractivity contribution in [3.05, 3.63) is 53.5 Å². The van der Waals surface area contributed by atoms with E-state index in [1.165, 1.54) is 17.7 Å². The summed E-state index contributed by atoms with van der Waals surface area (Å²) in [5.74, 6) is -0.669. The van der Waals surface area contributed by atoms with Crippen molar-refractivity contribution in [3.63, 3.8) is 0 Å². The molecule has 0 aromatic heterocycles. The summed E-state index contributed by atoms with van der Waals surface area (Å²) in [5.41, 5.74) is 6.68. The third-order valence-corrected chi connectivity index (χ3v) is 12.7. The molecule has 0 bridgehead atoms. The maximum atomic E-state index is 13.8. The topological polar surface area (TPSA) is 126 Å². The Morgan fingerprint density at radius 2 is 2.02 bits per heavy atom. The number of rotatable bonds is 5. The van der Waals surface area contributed by atoms with Crippen molar-refractivity contribution in [2.75, 3.05) is 5.75 Å². The molecule has 5 aliphatic carbocycles. The van der Waals surface area contributed by atoms with E-state index < -0.39 is 28.5 Å². The third-order valence-electron chi connectivity index (χ3n) is 11.9. The first kappa shape index (κ1) is 29.1. The van der Waals surface area contributed by atoms with Crippen LogP contribution in [-0.4, -0.2) is 39.4 Å². The molecule has 4 saturated carbocycles. The molecule has 3 unspecified atom stereocenters. The second kappa shape index (κ2) is 9.78. The molecule has 0 amide bonds. The van der Waals surface area contributed by atoms with Gasteiger partial charge in [0.25, 0.3) is 0 Å². The fourth-order valence-corrected chi connectivity index (χ4v) is 10.8. The zero-order valence-corrected chi connectivity index (χ0v) is 25.2. The van der Waals surface area contributed by atoms with E-state index in [2.05, 4.69) is 13.0 Å². The number of ether oxygens (including phenoxy) is 1. The van der Waals surface area contributed by atoms with Crippen LogP contribution in [0.5, 0.6) is 0 Å². The molecule has 42 heavy (non-hydrogen) atoms. The van der Waals surface area contributed by atoms with Crippen molar-refractivity contribution >= 4 is 34.2 Å². The minimum atomic E-state index is -1.36. The lowest BCUT2D eigenvalue weighted by atomic mass is 9.45. The predicted octanol–water partition coefficient (Wildman–Crippen LogP) is 5.90. The molecule has 0 saturated heterocycles. The van der Waals surface area contributed by atoms with Crippen molar-refractivity contribution in [2.45, 2.75) is 83.8 Å². The van der Waals surface area contributed by atoms with Crippen LogP contribution in [0.15, 0.2) is 52.7 Å². The number of nitrogens with zero attached hydrogens (tertiary/aromatic N) is 2. The number of nitrogens with two attached hydrogens (primary N) is 1. The highest BCUT2D eigenvalue weighted by Gasteiger charge is 2.88. The van der Waals surface area contributed by atoms with Crippen molar-refractivity contribution in [1.82, 2.24) is 0 Å². The number of aliphatic hydroxyl groups excluding tert-OH is 1. The Balaban J connectivity index is 1.40. The van der Waals surface area contributed by atoms with E-state index >= 15 is 0 Å². The van der Waals surface area contributed by atoms with Crippen LogP contribution in [0.1, 0.15) is 72.1 Å². The standard InChI is InChI=1S/C33H38FN3O4S/c1-4-27(39)41-33(28(40)42-14-13-35)12-10-25-30(33,3)17-26(38)32-19-31(25,32)11-9-21-15-24(20(18-36)16-29(21,32)2)37-23-7-5-22(34)6-8-23/h5-8,15,18,25-26,38H,4,9-12,14,16-17,19,36H2,1-3H3/t25?,26-,29-,30-,31?,32?,33-/m0/s1. The van der Waals surface area contributed by atoms with Crippen LogP contribution in [0.4, 0.5) is 10.1 Å². The van der Waals surface area contributed by atoms with Gasteiger partial charge in [-0.05, 0) is 98.4 Å². The Labute approximate surface area is 250 Å². The second-order valence-corrected chi connectivity index (χ2v) is 14.2. The number of carbonyl (C=O) groups is 2. The van der Waals surface area contributed by atoms with Crippen LogP contribution in [0.25, 0.3) is 0 Å². The van der Waals surface area contributed by atoms with Crippen molar-refractivity contribution in [3.8, 4) is 6.07 Å². The number of carbonyl (C=O) groups excluding carboxylic acids is 2. The van der Waals surface area contributed by atoms with Gasteiger partial charge in [-0.1, -0.05) is 38.1 Å². The summed E-state index contributed by atoms with van der Waals surface area (Å²) in [6.07, 6.45) is 7.81. The highest BCUT2D eigenvalue weighted by atomic mass is 32.2. The molecular weight excluding hydrogens is 553 g/mol. The quantitative estimate of drug-likeness (QED) is 0.408. The van der Waals surface area contributed by atoms with E-state index in [9.17, 15) is 24.3 Å². The van der Waals surface area contributed by atoms with Gasteiger partial charge < -0.3 is 15.6 Å². The Morgan fingerprint density at radius 3 is 2.69 bits per heavy atom. The lowest BCUT2D eigenvalue weighted by molar-refractivity contribution is -0.196. The van der Waals surface area contributed by atoms with Crippen LogP contribution in [0.3, 0.4) is 0 Å². The van der Waals surface area contributed by atoms with Crippen molar-refractivity contribution < 1.29 is 23.8 Å². The van der Waals surface area contributed by atoms with Gasteiger partial charge >= 0.3 is 5.97 Å². The van der Waals surface area contributed by atoms with Gasteiger partial charge in [0.2, 0.25) is 5.12 Å². The van der Waals surface area contributed by atoms with Gasteiger partial charge in [-0.15, -0.1) is 0 Å². The summed E-state index contributed by atoms with van der Waals surface area (Å²) in [4.78, 5) is 31.3. The summed E-state index contributed by atoms with van der Waals surface area (Å²) in [7, 11) is 0. The van der Waals surface area contributed by atoms with Gasteiger partial charge in [-0.3, -0.25) is 9.59 Å². The Bertz CT molecular complexity index is 1480. The smallest absolute Gasteiger partial charge is 0.306 e. The van der Waals surface area contributed by atoms with Crippen molar-refractivity contribution in [1.29, 1.82) is 5.26 Å². The van der Waals surface area contributed by atoms with Crippen LogP contribution in [0, 0.1) is 44.7 Å². The number of hydrogen-bond acceptors (Lipinski definition) is 8. The van der Waals surface area contributed by atoms with Gasteiger partial charge in [-0.2, -0.15) is 5.26 Å². The van der Waals surface area contributed by atoms with Gasteiger partial charge in [0.1, 0.15) is 5.82 Å². The molecule has 0 aliphatic heterocycles. The zero-order valence-electron chi connectivity index (χ0n) is 24.4. The Kier molecular flexibility index (Phi) is 6.78. The molecule has 7 atom stereocenters. The molecule has 0 heterocycles. The largest absolute Gasteiger partial charge is 0.449 e. The third kappa shape index (κ3) is 3.64. The number of aliphatic hydroxyl groups is 1. The lowest BCUT2D eigenvalue weighted by Gasteiger charge is -2.60. The number of halogens is 1. The monoisotopic (exact) mass is 591 g/mol. The molecule has 0 spiro atoms. The predicted molar refractivity (Wildman–Crippen MR) is 159 cm³/mol. The fourth-order valence-electron chi connectivity index (χ4n) is 10.0. The van der Waals surface area contributed by atoms with E-state index in [-0.39, 0.29) is 39.9 Å². The molecule has 1 aromatic carbocycles. The van der Waals surface area contributed by atoms with E-state index in [1.54, 1.807) is 25.3 Å². The SMILES string of the molecule is CCC(=O)O[C@]1(C(=O)SCC#N)CCC2C34CCC5=CC(=Nc6ccc(F)cc6)C(=CN)C[C@]5(C)C3(C4)[C@@H](O)C[C@@]21C. The first-order valence-corrected chi connectivity index (χ1v) is 15.9. The molecule has 7 nitrogen and oxygen atoms in total. The highest BCUT2D eigenvalue weighted by molar-refractivity contribution is 8.14. The van der Waals surface area contributed by atoms with E-state index in [0.717, 1.165) is 48.7 Å². The maximum absolute atomic E-state index is 13.8. The lowest BCUT2D eigenvalue weighted by Crippen LogP contribution is -2.62. The summed E-state index contributed by atoms with van der Waals surface area (Å²) in [6, 6.07) is 8.11. The minimum Gasteiger partial charge on any atom is -0.449 e. The highest BCUT2D eigenvalue weighted by Crippen LogP contribution is 2.90.